The molecule has 2 aliphatic heterocycles. The highest BCUT2D eigenvalue weighted by atomic mass is 32.2. The summed E-state index contributed by atoms with van der Waals surface area (Å²) in [4.78, 5) is 18.1. The molecule has 6 heteroatoms. The van der Waals surface area contributed by atoms with Crippen LogP contribution in [0, 0.1) is 0 Å². The maximum atomic E-state index is 13.0. The maximum absolute atomic E-state index is 13.0. The number of likely N-dealkylation sites (tertiary alicyclic amines) is 1. The average Bonchev–Trinajstić information content (AvgIpc) is 3.20. The van der Waals surface area contributed by atoms with E-state index in [1.165, 1.54) is 32.4 Å². The molecule has 2 aromatic carbocycles. The number of hydrogen-bond acceptors (Lipinski definition) is 4. The van der Waals surface area contributed by atoms with Gasteiger partial charge in [-0.25, -0.2) is 0 Å². The number of fused-ring (bicyclic) bond motifs is 1. The number of benzene rings is 2. The first-order valence-corrected chi connectivity index (χ1v) is 12.4. The van der Waals surface area contributed by atoms with Gasteiger partial charge in [-0.2, -0.15) is 0 Å². The predicted molar refractivity (Wildman–Crippen MR) is 121 cm³/mol. The molecule has 0 saturated carbocycles. The SMILES string of the molecule is C[S+]([O-])c1ccc2c(c1)CCN2C(=O)c1ccc(OCCCN2CCCCC2)cc1. The van der Waals surface area contributed by atoms with Gasteiger partial charge in [0.2, 0.25) is 0 Å². The van der Waals surface area contributed by atoms with Crippen LogP contribution in [0.15, 0.2) is 47.4 Å². The Balaban J connectivity index is 1.30. The highest BCUT2D eigenvalue weighted by Crippen LogP contribution is 2.31. The van der Waals surface area contributed by atoms with Crippen molar-refractivity contribution in [2.24, 2.45) is 0 Å². The van der Waals surface area contributed by atoms with Crippen LogP contribution in [0.1, 0.15) is 41.6 Å². The third-order valence-corrected chi connectivity index (χ3v) is 6.88. The lowest BCUT2D eigenvalue weighted by atomic mass is 10.1. The molecule has 1 unspecified atom stereocenters. The molecular weight excluding hydrogens is 396 g/mol. The maximum Gasteiger partial charge on any atom is 0.258 e. The van der Waals surface area contributed by atoms with Crippen LogP contribution < -0.4 is 9.64 Å². The summed E-state index contributed by atoms with van der Waals surface area (Å²) in [5, 5.41) is 0. The van der Waals surface area contributed by atoms with E-state index in [-0.39, 0.29) is 5.91 Å². The van der Waals surface area contributed by atoms with E-state index in [2.05, 4.69) is 4.90 Å². The lowest BCUT2D eigenvalue weighted by Gasteiger charge is -2.26. The highest BCUT2D eigenvalue weighted by molar-refractivity contribution is 7.90. The quantitative estimate of drug-likeness (QED) is 0.498. The number of carbonyl (C=O) groups is 1. The van der Waals surface area contributed by atoms with E-state index in [4.69, 9.17) is 4.74 Å². The Bertz CT molecular complexity index is 863. The Morgan fingerprint density at radius 3 is 2.57 bits per heavy atom. The molecule has 5 nitrogen and oxygen atoms in total. The molecule has 0 N–H and O–H groups in total. The van der Waals surface area contributed by atoms with Crippen LogP contribution in [0.4, 0.5) is 5.69 Å². The molecule has 2 aliphatic rings. The Labute approximate surface area is 182 Å². The van der Waals surface area contributed by atoms with Gasteiger partial charge in [0.1, 0.15) is 12.0 Å². The second-order valence-electron chi connectivity index (χ2n) is 8.08. The summed E-state index contributed by atoms with van der Waals surface area (Å²) in [6, 6.07) is 13.2. The van der Waals surface area contributed by atoms with Gasteiger partial charge >= 0.3 is 0 Å². The van der Waals surface area contributed by atoms with Crippen molar-refractivity contribution in [1.29, 1.82) is 0 Å². The number of hydrogen-bond donors (Lipinski definition) is 0. The fraction of sp³-hybridized carbons (Fsp3) is 0.458. The van der Waals surface area contributed by atoms with Crippen molar-refractivity contribution < 1.29 is 14.1 Å². The minimum atomic E-state index is -1.01. The van der Waals surface area contributed by atoms with Gasteiger partial charge in [0.25, 0.3) is 5.91 Å². The van der Waals surface area contributed by atoms with Gasteiger partial charge in [-0.15, -0.1) is 0 Å². The number of amides is 1. The van der Waals surface area contributed by atoms with E-state index >= 15 is 0 Å². The molecule has 0 aliphatic carbocycles. The van der Waals surface area contributed by atoms with Crippen molar-refractivity contribution in [2.75, 3.05) is 43.9 Å². The first-order chi connectivity index (χ1) is 14.6. The Morgan fingerprint density at radius 1 is 1.07 bits per heavy atom. The molecule has 0 radical (unpaired) electrons. The summed E-state index contributed by atoms with van der Waals surface area (Å²) in [6.07, 6.45) is 7.49. The topological polar surface area (TPSA) is 55.8 Å². The molecule has 4 rings (SSSR count). The number of ether oxygens (including phenoxy) is 1. The van der Waals surface area contributed by atoms with E-state index in [9.17, 15) is 9.35 Å². The second kappa shape index (κ2) is 9.86. The molecule has 1 fully saturated rings. The van der Waals surface area contributed by atoms with Crippen molar-refractivity contribution in [2.45, 2.75) is 37.0 Å². The zero-order chi connectivity index (χ0) is 20.9. The van der Waals surface area contributed by atoms with E-state index < -0.39 is 11.2 Å². The van der Waals surface area contributed by atoms with Crippen LogP contribution in [-0.4, -0.2) is 54.4 Å². The molecule has 0 aromatic heterocycles. The molecule has 30 heavy (non-hydrogen) atoms. The largest absolute Gasteiger partial charge is 0.612 e. The van der Waals surface area contributed by atoms with Crippen molar-refractivity contribution in [3.8, 4) is 5.75 Å². The van der Waals surface area contributed by atoms with Crippen LogP contribution >= 0.6 is 0 Å². The van der Waals surface area contributed by atoms with Crippen molar-refractivity contribution in [1.82, 2.24) is 4.90 Å². The monoisotopic (exact) mass is 426 g/mol. The minimum Gasteiger partial charge on any atom is -0.612 e. The Kier molecular flexibility index (Phi) is 6.97. The number of rotatable bonds is 7. The first kappa shape index (κ1) is 21.2. The van der Waals surface area contributed by atoms with Gasteiger partial charge in [-0.05, 0) is 98.0 Å². The van der Waals surface area contributed by atoms with Gasteiger partial charge in [-0.1, -0.05) is 6.42 Å². The summed E-state index contributed by atoms with van der Waals surface area (Å²) < 4.78 is 17.6. The fourth-order valence-corrected chi connectivity index (χ4v) is 4.85. The Hall–Kier alpha value is -2.02. The molecule has 2 heterocycles. The number of piperidine rings is 1. The van der Waals surface area contributed by atoms with E-state index in [1.54, 1.807) is 6.26 Å². The zero-order valence-electron chi connectivity index (χ0n) is 17.6. The number of carbonyl (C=O) groups excluding carboxylic acids is 1. The van der Waals surface area contributed by atoms with Crippen LogP contribution in [0.5, 0.6) is 5.75 Å². The van der Waals surface area contributed by atoms with Crippen molar-refractivity contribution >= 4 is 22.8 Å². The smallest absolute Gasteiger partial charge is 0.258 e. The molecule has 0 spiro atoms. The highest BCUT2D eigenvalue weighted by Gasteiger charge is 2.26. The normalized spacial score (nSPS) is 17.6. The predicted octanol–water partition coefficient (Wildman–Crippen LogP) is 3.88. The van der Waals surface area contributed by atoms with Gasteiger partial charge in [-0.3, -0.25) is 4.79 Å². The Morgan fingerprint density at radius 2 is 1.83 bits per heavy atom. The van der Waals surface area contributed by atoms with Gasteiger partial charge < -0.3 is 19.1 Å². The third kappa shape index (κ3) is 4.99. The fourth-order valence-electron chi connectivity index (χ4n) is 4.28. The summed E-state index contributed by atoms with van der Waals surface area (Å²) in [7, 11) is 0. The molecule has 160 valence electrons. The first-order valence-electron chi connectivity index (χ1n) is 10.9. The zero-order valence-corrected chi connectivity index (χ0v) is 18.5. The summed E-state index contributed by atoms with van der Waals surface area (Å²) >= 11 is -1.01. The van der Waals surface area contributed by atoms with Crippen molar-refractivity contribution in [3.05, 3.63) is 53.6 Å². The summed E-state index contributed by atoms with van der Waals surface area (Å²) in [5.74, 6) is 0.804. The van der Waals surface area contributed by atoms with Crippen LogP contribution in [-0.2, 0) is 17.6 Å². The number of anilines is 1. The minimum absolute atomic E-state index is 0.00392. The average molecular weight is 427 g/mol. The lowest BCUT2D eigenvalue weighted by Crippen LogP contribution is -2.31. The molecular formula is C24H30N2O3S. The number of nitrogens with zero attached hydrogens (tertiary/aromatic N) is 2. The molecule has 2 aromatic rings. The van der Waals surface area contributed by atoms with Crippen LogP contribution in [0.3, 0.4) is 0 Å². The molecule has 1 atom stereocenters. The van der Waals surface area contributed by atoms with E-state index in [1.807, 2.05) is 47.4 Å². The van der Waals surface area contributed by atoms with Crippen molar-refractivity contribution in [3.63, 3.8) is 0 Å². The van der Waals surface area contributed by atoms with Gasteiger partial charge in [0.05, 0.1) is 6.61 Å². The van der Waals surface area contributed by atoms with Crippen LogP contribution in [0.2, 0.25) is 0 Å². The summed E-state index contributed by atoms with van der Waals surface area (Å²) in [5.41, 5.74) is 2.67. The molecule has 0 bridgehead atoms. The molecule has 1 amide bonds. The third-order valence-electron chi connectivity index (χ3n) is 5.96. The molecule has 1 saturated heterocycles. The lowest BCUT2D eigenvalue weighted by molar-refractivity contribution is 0.0989. The van der Waals surface area contributed by atoms with Gasteiger partial charge in [0.15, 0.2) is 4.90 Å². The van der Waals surface area contributed by atoms with E-state index in [0.717, 1.165) is 41.3 Å². The van der Waals surface area contributed by atoms with Gasteiger partial charge in [0, 0.05) is 24.3 Å². The second-order valence-corrected chi connectivity index (χ2v) is 9.46. The standard InChI is InChI=1S/C24H30N2O3S/c1-30(28)22-10-11-23-20(18-22)12-16-26(23)24(27)19-6-8-21(9-7-19)29-17-5-15-25-13-3-2-4-14-25/h6-11,18H,2-5,12-17H2,1H3. The van der Waals surface area contributed by atoms with Crippen LogP contribution in [0.25, 0.3) is 0 Å². The summed E-state index contributed by atoms with van der Waals surface area (Å²) in [6.45, 7) is 4.88. The van der Waals surface area contributed by atoms with E-state index in [0.29, 0.717) is 18.7 Å².